The van der Waals surface area contributed by atoms with Gasteiger partial charge in [0.25, 0.3) is 5.91 Å². The number of carbonyl (C=O) groups is 2. The van der Waals surface area contributed by atoms with Crippen LogP contribution in [0.2, 0.25) is 0 Å². The van der Waals surface area contributed by atoms with Gasteiger partial charge in [-0.2, -0.15) is 0 Å². The topological polar surface area (TPSA) is 128 Å². The van der Waals surface area contributed by atoms with Crippen LogP contribution in [0.15, 0.2) is 21.7 Å². The molecular formula is C22H23N3O5S. The van der Waals surface area contributed by atoms with Crippen molar-refractivity contribution in [2.45, 2.75) is 46.1 Å². The summed E-state index contributed by atoms with van der Waals surface area (Å²) < 4.78 is 11.2. The van der Waals surface area contributed by atoms with E-state index in [1.165, 1.54) is 17.5 Å². The summed E-state index contributed by atoms with van der Waals surface area (Å²) in [6.45, 7) is 3.50. The summed E-state index contributed by atoms with van der Waals surface area (Å²) in [6.07, 6.45) is 5.24. The minimum atomic E-state index is -0.721. The Labute approximate surface area is 182 Å². The lowest BCUT2D eigenvalue weighted by Crippen LogP contribution is -2.22. The van der Waals surface area contributed by atoms with Crippen molar-refractivity contribution in [3.05, 3.63) is 50.6 Å². The molecule has 3 N–H and O–H groups in total. The minimum Gasteiger partial charge on any atom is -0.462 e. The molecule has 0 spiro atoms. The van der Waals surface area contributed by atoms with Gasteiger partial charge in [-0.05, 0) is 51.2 Å². The van der Waals surface area contributed by atoms with Gasteiger partial charge in [0.2, 0.25) is 5.55 Å². The Morgan fingerprint density at radius 1 is 1.35 bits per heavy atom. The van der Waals surface area contributed by atoms with E-state index in [4.69, 9.17) is 14.9 Å². The molecule has 1 amide bonds. The lowest BCUT2D eigenvalue weighted by molar-refractivity contribution is 0.0526. The lowest BCUT2D eigenvalue weighted by atomic mass is 9.95. The molecule has 0 atom stereocenters. The number of aliphatic hydroxyl groups excluding tert-OH is 1. The molecule has 0 bridgehead atoms. The molecule has 0 saturated carbocycles. The largest absolute Gasteiger partial charge is 0.462 e. The molecule has 0 aliphatic heterocycles. The highest BCUT2D eigenvalue weighted by atomic mass is 32.1. The Bertz CT molecular complexity index is 1260. The molecule has 1 aliphatic rings. The van der Waals surface area contributed by atoms with Crippen LogP contribution in [-0.4, -0.2) is 28.6 Å². The van der Waals surface area contributed by atoms with Gasteiger partial charge in [0.15, 0.2) is 5.58 Å². The fourth-order valence-electron chi connectivity index (χ4n) is 3.81. The summed E-state index contributed by atoms with van der Waals surface area (Å²) in [5.41, 5.74) is 8.57. The first-order valence-corrected chi connectivity index (χ1v) is 11.0. The second-order valence-corrected chi connectivity index (χ2v) is 8.41. The van der Waals surface area contributed by atoms with E-state index in [0.29, 0.717) is 32.8 Å². The second-order valence-electron chi connectivity index (χ2n) is 7.32. The molecule has 3 aromatic heterocycles. The summed E-state index contributed by atoms with van der Waals surface area (Å²) in [7, 11) is 0. The highest BCUT2D eigenvalue weighted by Crippen LogP contribution is 2.40. The third-order valence-electron chi connectivity index (χ3n) is 5.32. The van der Waals surface area contributed by atoms with Crippen molar-refractivity contribution < 1.29 is 23.8 Å². The second kappa shape index (κ2) is 8.60. The van der Waals surface area contributed by atoms with Crippen molar-refractivity contribution >= 4 is 39.2 Å². The predicted octanol–water partition coefficient (Wildman–Crippen LogP) is 3.08. The molecule has 162 valence electrons. The summed E-state index contributed by atoms with van der Waals surface area (Å²) in [4.78, 5) is 34.8. The van der Waals surface area contributed by atoms with Gasteiger partial charge in [0.1, 0.15) is 10.6 Å². The van der Waals surface area contributed by atoms with E-state index in [-0.39, 0.29) is 24.3 Å². The number of aromatic nitrogens is 1. The standard InChI is InChI=1S/C22H23N3O5S/c1-3-29-22(28)17-13-6-4-5-7-16(13)31-21(17)25-20-15(19(23)27)8-14-12(10-26)9-24-11(2)18(14)30-20/h8-9,26H,3-7,10H2,1-2H3,(H2,23,27)/b25-20-. The number of thiophene rings is 1. The van der Waals surface area contributed by atoms with Crippen LogP contribution in [0.1, 0.15) is 62.2 Å². The van der Waals surface area contributed by atoms with Crippen LogP contribution in [0.4, 0.5) is 5.00 Å². The molecule has 0 fully saturated rings. The number of amides is 1. The van der Waals surface area contributed by atoms with Crippen molar-refractivity contribution in [2.24, 2.45) is 10.7 Å². The Morgan fingerprint density at radius 2 is 2.13 bits per heavy atom. The average molecular weight is 442 g/mol. The van der Waals surface area contributed by atoms with Gasteiger partial charge < -0.3 is 20.0 Å². The highest BCUT2D eigenvalue weighted by Gasteiger charge is 2.27. The fourth-order valence-corrected chi connectivity index (χ4v) is 5.05. The minimum absolute atomic E-state index is 0.00383. The quantitative estimate of drug-likeness (QED) is 0.586. The molecule has 0 radical (unpaired) electrons. The number of ether oxygens (including phenoxy) is 1. The number of primary amides is 1. The molecule has 3 aromatic rings. The maximum absolute atomic E-state index is 12.7. The number of aryl methyl sites for hydroxylation is 2. The smallest absolute Gasteiger partial charge is 0.341 e. The number of hydrogen-bond acceptors (Lipinski definition) is 8. The van der Waals surface area contributed by atoms with E-state index in [0.717, 1.165) is 36.1 Å². The summed E-state index contributed by atoms with van der Waals surface area (Å²) in [5, 5.41) is 10.6. The summed E-state index contributed by atoms with van der Waals surface area (Å²) >= 11 is 1.41. The molecule has 8 nitrogen and oxygen atoms in total. The number of aliphatic hydroxyl groups is 1. The fraction of sp³-hybridized carbons (Fsp3) is 0.364. The zero-order valence-electron chi connectivity index (χ0n) is 17.4. The third-order valence-corrected chi connectivity index (χ3v) is 6.51. The molecule has 0 saturated heterocycles. The Balaban J connectivity index is 2.01. The van der Waals surface area contributed by atoms with E-state index in [9.17, 15) is 14.7 Å². The highest BCUT2D eigenvalue weighted by molar-refractivity contribution is 7.16. The van der Waals surface area contributed by atoms with Crippen molar-refractivity contribution in [3.8, 4) is 0 Å². The molecule has 3 heterocycles. The molecule has 9 heteroatoms. The lowest BCUT2D eigenvalue weighted by Gasteiger charge is -2.11. The van der Waals surface area contributed by atoms with Crippen molar-refractivity contribution in [1.82, 2.24) is 4.98 Å². The zero-order valence-corrected chi connectivity index (χ0v) is 18.2. The number of pyridine rings is 1. The van der Waals surface area contributed by atoms with Gasteiger partial charge >= 0.3 is 5.97 Å². The Hall–Kier alpha value is -3.04. The number of nitrogens with two attached hydrogens (primary N) is 1. The van der Waals surface area contributed by atoms with E-state index in [2.05, 4.69) is 9.98 Å². The molecule has 0 unspecified atom stereocenters. The molecule has 1 aliphatic carbocycles. The van der Waals surface area contributed by atoms with Gasteiger partial charge in [-0.1, -0.05) is 0 Å². The third kappa shape index (κ3) is 3.86. The van der Waals surface area contributed by atoms with Gasteiger partial charge in [0.05, 0.1) is 24.5 Å². The number of hydrogen-bond donors (Lipinski definition) is 2. The number of fused-ring (bicyclic) bond motifs is 2. The number of rotatable bonds is 5. The van der Waals surface area contributed by atoms with Crippen LogP contribution in [0.25, 0.3) is 11.0 Å². The monoisotopic (exact) mass is 441 g/mol. The maximum Gasteiger partial charge on any atom is 0.341 e. The van der Waals surface area contributed by atoms with Crippen molar-refractivity contribution in [3.63, 3.8) is 0 Å². The SMILES string of the molecule is CCOC(=O)c1c(/N=c2\oc3c(C)ncc(CO)c3cc2C(N)=O)sc2c1CCCC2. The van der Waals surface area contributed by atoms with Crippen LogP contribution >= 0.6 is 11.3 Å². The Kier molecular flexibility index (Phi) is 5.88. The Morgan fingerprint density at radius 3 is 2.84 bits per heavy atom. The first-order chi connectivity index (χ1) is 14.9. The van der Waals surface area contributed by atoms with Gasteiger partial charge in [0, 0.05) is 22.0 Å². The van der Waals surface area contributed by atoms with E-state index in [1.807, 2.05) is 0 Å². The number of esters is 1. The zero-order chi connectivity index (χ0) is 22.1. The first kappa shape index (κ1) is 21.2. The maximum atomic E-state index is 12.7. The molecule has 4 rings (SSSR count). The summed E-state index contributed by atoms with van der Waals surface area (Å²) in [5.74, 6) is -1.15. The van der Waals surface area contributed by atoms with Crippen LogP contribution in [0.5, 0.6) is 0 Å². The van der Waals surface area contributed by atoms with Crippen LogP contribution in [0.3, 0.4) is 0 Å². The number of carbonyl (C=O) groups excluding carboxylic acids is 2. The van der Waals surface area contributed by atoms with Crippen molar-refractivity contribution in [2.75, 3.05) is 6.61 Å². The normalized spacial score (nSPS) is 14.0. The molecule has 31 heavy (non-hydrogen) atoms. The molecular weight excluding hydrogens is 418 g/mol. The van der Waals surface area contributed by atoms with Crippen LogP contribution < -0.4 is 11.3 Å². The number of nitrogens with zero attached hydrogens (tertiary/aromatic N) is 2. The predicted molar refractivity (Wildman–Crippen MR) is 115 cm³/mol. The first-order valence-electron chi connectivity index (χ1n) is 10.1. The van der Waals surface area contributed by atoms with Gasteiger partial charge in [-0.25, -0.2) is 9.79 Å². The van der Waals surface area contributed by atoms with Gasteiger partial charge in [-0.15, -0.1) is 11.3 Å². The molecule has 0 aromatic carbocycles. The van der Waals surface area contributed by atoms with Crippen molar-refractivity contribution in [1.29, 1.82) is 0 Å². The van der Waals surface area contributed by atoms with E-state index < -0.39 is 11.9 Å². The van der Waals surface area contributed by atoms with E-state index >= 15 is 0 Å². The van der Waals surface area contributed by atoms with Crippen LogP contribution in [-0.2, 0) is 24.2 Å². The van der Waals surface area contributed by atoms with Gasteiger partial charge in [-0.3, -0.25) is 9.78 Å². The van der Waals surface area contributed by atoms with Crippen LogP contribution in [0, 0.1) is 6.92 Å². The average Bonchev–Trinajstić information content (AvgIpc) is 3.12. The summed E-state index contributed by atoms with van der Waals surface area (Å²) in [6, 6.07) is 1.55. The van der Waals surface area contributed by atoms with E-state index in [1.54, 1.807) is 19.9 Å².